The highest BCUT2D eigenvalue weighted by Gasteiger charge is 2.23. The molecule has 1 aliphatic rings. The summed E-state index contributed by atoms with van der Waals surface area (Å²) in [5, 5.41) is 9.14. The van der Waals surface area contributed by atoms with Crippen molar-refractivity contribution in [2.24, 2.45) is 0 Å². The van der Waals surface area contributed by atoms with Gasteiger partial charge in [0.1, 0.15) is 0 Å². The van der Waals surface area contributed by atoms with Crippen LogP contribution in [0.4, 0.5) is 5.69 Å². The largest absolute Gasteiger partial charge is 0.369 e. The van der Waals surface area contributed by atoms with Crippen LogP contribution in [0, 0.1) is 25.2 Å². The van der Waals surface area contributed by atoms with Crippen LogP contribution < -0.4 is 4.90 Å². The molecule has 3 heteroatoms. The summed E-state index contributed by atoms with van der Waals surface area (Å²) in [6.07, 6.45) is 0.917. The number of hydrogen-bond donors (Lipinski definition) is 0. The van der Waals surface area contributed by atoms with Gasteiger partial charge in [0.25, 0.3) is 0 Å². The van der Waals surface area contributed by atoms with E-state index in [-0.39, 0.29) is 6.04 Å². The Morgan fingerprint density at radius 2 is 1.89 bits per heavy atom. The Morgan fingerprint density at radius 1 is 1.21 bits per heavy atom. The molecule has 0 N–H and O–H groups in total. The van der Waals surface area contributed by atoms with Crippen molar-refractivity contribution in [3.63, 3.8) is 0 Å². The molecule has 1 heterocycles. The summed E-state index contributed by atoms with van der Waals surface area (Å²) in [6.45, 7) is 10.5. The predicted octanol–water partition coefficient (Wildman–Crippen LogP) is 2.73. The monoisotopic (exact) mass is 257 g/mol. The number of anilines is 1. The summed E-state index contributed by atoms with van der Waals surface area (Å²) in [4.78, 5) is 4.75. The second kappa shape index (κ2) is 6.08. The van der Waals surface area contributed by atoms with Crippen LogP contribution in [0.3, 0.4) is 0 Å². The molecule has 3 nitrogen and oxygen atoms in total. The van der Waals surface area contributed by atoms with Crippen molar-refractivity contribution >= 4 is 5.69 Å². The zero-order valence-corrected chi connectivity index (χ0v) is 12.2. The molecule has 0 amide bonds. The molecule has 0 aromatic heterocycles. The third kappa shape index (κ3) is 2.90. The minimum Gasteiger partial charge on any atom is -0.369 e. The van der Waals surface area contributed by atoms with Gasteiger partial charge in [-0.25, -0.2) is 0 Å². The maximum atomic E-state index is 9.14. The molecule has 0 saturated carbocycles. The first-order valence-electron chi connectivity index (χ1n) is 7.12. The lowest BCUT2D eigenvalue weighted by molar-refractivity contribution is 0.216. The smallest absolute Gasteiger partial charge is 0.0976 e. The van der Waals surface area contributed by atoms with Gasteiger partial charge in [-0.1, -0.05) is 19.1 Å². The highest BCUT2D eigenvalue weighted by atomic mass is 15.3. The van der Waals surface area contributed by atoms with Crippen molar-refractivity contribution in [1.29, 1.82) is 5.26 Å². The van der Waals surface area contributed by atoms with Crippen molar-refractivity contribution in [2.75, 3.05) is 31.1 Å². The first-order chi connectivity index (χ1) is 9.17. The normalized spacial score (nSPS) is 18.1. The van der Waals surface area contributed by atoms with E-state index in [1.807, 2.05) is 0 Å². The van der Waals surface area contributed by atoms with Crippen LogP contribution in [0.25, 0.3) is 0 Å². The fraction of sp³-hybridized carbons (Fsp3) is 0.562. The van der Waals surface area contributed by atoms with Gasteiger partial charge < -0.3 is 4.90 Å². The average molecular weight is 257 g/mol. The van der Waals surface area contributed by atoms with Gasteiger partial charge in [0.2, 0.25) is 0 Å². The van der Waals surface area contributed by atoms with E-state index < -0.39 is 0 Å². The molecule has 2 rings (SSSR count). The van der Waals surface area contributed by atoms with Crippen molar-refractivity contribution in [2.45, 2.75) is 33.2 Å². The molecular formula is C16H23N3. The highest BCUT2D eigenvalue weighted by molar-refractivity contribution is 5.56. The van der Waals surface area contributed by atoms with Crippen molar-refractivity contribution in [1.82, 2.24) is 4.90 Å². The van der Waals surface area contributed by atoms with Crippen LogP contribution in [-0.4, -0.2) is 37.1 Å². The SMILES string of the molecule is CCC(C#N)N1CCN(c2cccc(C)c2C)CC1. The van der Waals surface area contributed by atoms with Gasteiger partial charge in [-0.05, 0) is 37.5 Å². The van der Waals surface area contributed by atoms with Crippen molar-refractivity contribution in [3.05, 3.63) is 29.3 Å². The molecule has 1 unspecified atom stereocenters. The summed E-state index contributed by atoms with van der Waals surface area (Å²) in [7, 11) is 0. The second-order valence-electron chi connectivity index (χ2n) is 5.30. The average Bonchev–Trinajstić information content (AvgIpc) is 2.44. The van der Waals surface area contributed by atoms with E-state index in [1.165, 1.54) is 16.8 Å². The Morgan fingerprint density at radius 3 is 2.47 bits per heavy atom. The number of hydrogen-bond acceptors (Lipinski definition) is 3. The van der Waals surface area contributed by atoms with Crippen LogP contribution in [0.1, 0.15) is 24.5 Å². The molecular weight excluding hydrogens is 234 g/mol. The van der Waals surface area contributed by atoms with Gasteiger partial charge >= 0.3 is 0 Å². The maximum Gasteiger partial charge on any atom is 0.0976 e. The van der Waals surface area contributed by atoms with Gasteiger partial charge in [0.05, 0.1) is 12.1 Å². The van der Waals surface area contributed by atoms with Gasteiger partial charge in [0, 0.05) is 31.9 Å². The summed E-state index contributed by atoms with van der Waals surface area (Å²) in [5.74, 6) is 0. The lowest BCUT2D eigenvalue weighted by Crippen LogP contribution is -2.50. The van der Waals surface area contributed by atoms with E-state index >= 15 is 0 Å². The molecule has 1 aliphatic heterocycles. The fourth-order valence-electron chi connectivity index (χ4n) is 2.78. The molecule has 0 bridgehead atoms. The summed E-state index contributed by atoms with van der Waals surface area (Å²) in [6, 6.07) is 8.99. The van der Waals surface area contributed by atoms with Crippen molar-refractivity contribution < 1.29 is 0 Å². The molecule has 1 saturated heterocycles. The molecule has 1 aromatic carbocycles. The molecule has 0 radical (unpaired) electrons. The van der Waals surface area contributed by atoms with E-state index in [9.17, 15) is 0 Å². The molecule has 19 heavy (non-hydrogen) atoms. The highest BCUT2D eigenvalue weighted by Crippen LogP contribution is 2.24. The number of aryl methyl sites for hydroxylation is 1. The Labute approximate surface area is 116 Å². The Kier molecular flexibility index (Phi) is 4.44. The minimum atomic E-state index is 0.0840. The third-order valence-corrected chi connectivity index (χ3v) is 4.21. The first kappa shape index (κ1) is 13.9. The summed E-state index contributed by atoms with van der Waals surface area (Å²) in [5.41, 5.74) is 4.08. The van der Waals surface area contributed by atoms with E-state index in [0.717, 1.165) is 32.6 Å². The summed E-state index contributed by atoms with van der Waals surface area (Å²) >= 11 is 0. The van der Waals surface area contributed by atoms with Crippen LogP contribution >= 0.6 is 0 Å². The Bertz CT molecular complexity index is 467. The van der Waals surface area contributed by atoms with E-state index in [4.69, 9.17) is 5.26 Å². The topological polar surface area (TPSA) is 30.3 Å². The van der Waals surface area contributed by atoms with Crippen LogP contribution in [-0.2, 0) is 0 Å². The van der Waals surface area contributed by atoms with E-state index in [0.29, 0.717) is 0 Å². The van der Waals surface area contributed by atoms with Crippen LogP contribution in [0.5, 0.6) is 0 Å². The molecule has 1 atom stereocenters. The quantitative estimate of drug-likeness (QED) is 0.834. The number of nitrogens with zero attached hydrogens (tertiary/aromatic N) is 3. The zero-order valence-electron chi connectivity index (χ0n) is 12.2. The van der Waals surface area contributed by atoms with E-state index in [1.54, 1.807) is 0 Å². The molecule has 1 aromatic rings. The molecule has 102 valence electrons. The van der Waals surface area contributed by atoms with Crippen molar-refractivity contribution in [3.8, 4) is 6.07 Å². The van der Waals surface area contributed by atoms with Gasteiger partial charge in [-0.2, -0.15) is 5.26 Å². The lowest BCUT2D eigenvalue weighted by Gasteiger charge is -2.38. The summed E-state index contributed by atoms with van der Waals surface area (Å²) < 4.78 is 0. The number of nitriles is 1. The third-order valence-electron chi connectivity index (χ3n) is 4.21. The number of rotatable bonds is 3. The van der Waals surface area contributed by atoms with Crippen LogP contribution in [0.15, 0.2) is 18.2 Å². The zero-order chi connectivity index (χ0) is 13.8. The Balaban J connectivity index is 2.04. The molecule has 1 fully saturated rings. The van der Waals surface area contributed by atoms with E-state index in [2.05, 4.69) is 54.8 Å². The Hall–Kier alpha value is -1.53. The second-order valence-corrected chi connectivity index (χ2v) is 5.30. The van der Waals surface area contributed by atoms with Gasteiger partial charge in [-0.3, -0.25) is 4.90 Å². The lowest BCUT2D eigenvalue weighted by atomic mass is 10.1. The maximum absolute atomic E-state index is 9.14. The standard InChI is InChI=1S/C16H23N3/c1-4-15(12-17)18-8-10-19(11-9-18)16-7-5-6-13(2)14(16)3/h5-7,15H,4,8-11H2,1-3H3. The fourth-order valence-corrected chi connectivity index (χ4v) is 2.78. The number of benzene rings is 1. The minimum absolute atomic E-state index is 0.0840. The van der Waals surface area contributed by atoms with Gasteiger partial charge in [0.15, 0.2) is 0 Å². The molecule has 0 aliphatic carbocycles. The predicted molar refractivity (Wildman–Crippen MR) is 79.4 cm³/mol. The molecule has 0 spiro atoms. The first-order valence-corrected chi connectivity index (χ1v) is 7.12. The number of piperazine rings is 1. The van der Waals surface area contributed by atoms with Crippen LogP contribution in [0.2, 0.25) is 0 Å². The van der Waals surface area contributed by atoms with Gasteiger partial charge in [-0.15, -0.1) is 0 Å².